The van der Waals surface area contributed by atoms with Gasteiger partial charge in [-0.05, 0) is 32.4 Å². The van der Waals surface area contributed by atoms with E-state index < -0.39 is 0 Å². The summed E-state index contributed by atoms with van der Waals surface area (Å²) in [6.45, 7) is 11.1. The van der Waals surface area contributed by atoms with Gasteiger partial charge >= 0.3 is 0 Å². The first-order valence-electron chi connectivity index (χ1n) is 8.04. The zero-order valence-electron chi connectivity index (χ0n) is 13.5. The van der Waals surface area contributed by atoms with Gasteiger partial charge in [-0.2, -0.15) is 0 Å². The Morgan fingerprint density at radius 1 is 1.35 bits per heavy atom. The lowest BCUT2D eigenvalue weighted by Crippen LogP contribution is -2.41. The summed E-state index contributed by atoms with van der Waals surface area (Å²) in [6, 6.07) is 0.385. The van der Waals surface area contributed by atoms with E-state index in [1.165, 1.54) is 0 Å². The highest BCUT2D eigenvalue weighted by atomic mass is 16.5. The zero-order valence-corrected chi connectivity index (χ0v) is 13.5. The second kappa shape index (κ2) is 13.3. The molecule has 1 heterocycles. The maximum absolute atomic E-state index is 11.2. The van der Waals surface area contributed by atoms with E-state index in [2.05, 4.69) is 10.2 Å². The van der Waals surface area contributed by atoms with Gasteiger partial charge in [-0.25, -0.2) is 0 Å². The van der Waals surface area contributed by atoms with Crippen LogP contribution >= 0.6 is 0 Å². The van der Waals surface area contributed by atoms with Gasteiger partial charge in [-0.15, -0.1) is 0 Å². The molecule has 1 aliphatic heterocycles. The number of ether oxygens (including phenoxy) is 1. The van der Waals surface area contributed by atoms with Crippen LogP contribution in [-0.2, 0) is 9.53 Å². The number of piperidine rings is 1. The summed E-state index contributed by atoms with van der Waals surface area (Å²) in [6.07, 6.45) is 3.68. The van der Waals surface area contributed by atoms with Gasteiger partial charge in [0.15, 0.2) is 0 Å². The predicted octanol–water partition coefficient (Wildman–Crippen LogP) is 1.86. The molecule has 0 aromatic rings. The lowest BCUT2D eigenvalue weighted by molar-refractivity contribution is -0.121. The number of amides is 1. The fourth-order valence-corrected chi connectivity index (χ4v) is 2.05. The van der Waals surface area contributed by atoms with Crippen molar-refractivity contribution in [3.8, 4) is 0 Å². The Morgan fingerprint density at radius 2 is 2.00 bits per heavy atom. The minimum atomic E-state index is 0. The van der Waals surface area contributed by atoms with Crippen LogP contribution in [0.5, 0.6) is 0 Å². The van der Waals surface area contributed by atoms with E-state index in [0.717, 1.165) is 45.5 Å². The fraction of sp³-hybridized carbons (Fsp3) is 0.933. The molecule has 0 aromatic heterocycles. The van der Waals surface area contributed by atoms with Crippen LogP contribution in [0.15, 0.2) is 0 Å². The van der Waals surface area contributed by atoms with Crippen molar-refractivity contribution in [1.82, 2.24) is 10.2 Å². The summed E-state index contributed by atoms with van der Waals surface area (Å²) in [4.78, 5) is 13.6. The average Bonchev–Trinajstić information content (AvgIpc) is 2.47. The van der Waals surface area contributed by atoms with Gasteiger partial charge in [0.2, 0.25) is 5.91 Å². The molecule has 0 unspecified atom stereocenters. The molecule has 5 heteroatoms. The number of carbonyl (C=O) groups excluding carboxylic acids is 1. The lowest BCUT2D eigenvalue weighted by Gasteiger charge is -2.29. The summed E-state index contributed by atoms with van der Waals surface area (Å²) in [7, 11) is 0. The van der Waals surface area contributed by atoms with Crippen LogP contribution in [-0.4, -0.2) is 56.2 Å². The van der Waals surface area contributed by atoms with Crippen molar-refractivity contribution in [2.24, 2.45) is 5.73 Å². The van der Waals surface area contributed by atoms with Crippen LogP contribution in [0.3, 0.4) is 0 Å². The van der Waals surface area contributed by atoms with E-state index in [9.17, 15) is 4.79 Å². The van der Waals surface area contributed by atoms with E-state index in [1.807, 2.05) is 20.8 Å². The highest BCUT2D eigenvalue weighted by molar-refractivity contribution is 5.75. The Kier molecular flexibility index (Phi) is 12.9. The third-order valence-electron chi connectivity index (χ3n) is 3.23. The molecule has 124 valence electrons. The molecule has 0 aromatic carbocycles. The largest absolute Gasteiger partial charge is 0.378 e. The van der Waals surface area contributed by atoms with Crippen LogP contribution in [0.4, 0.5) is 0 Å². The van der Waals surface area contributed by atoms with Crippen LogP contribution in [0.2, 0.25) is 0 Å². The van der Waals surface area contributed by atoms with Gasteiger partial charge in [-0.1, -0.05) is 20.8 Å². The first-order chi connectivity index (χ1) is 9.72. The standard InChI is InChI=1S/C13H27N3O2.C2H6.2H2/c1-2-3-13(17)15-6-10-18-11-9-16-7-4-12(14)5-8-16;1-2;;/h12H,2-11,14H2,1H3,(H,15,17);1-2H3;2*1H. The quantitative estimate of drug-likeness (QED) is 0.670. The second-order valence-corrected chi connectivity index (χ2v) is 4.89. The van der Waals surface area contributed by atoms with Gasteiger partial charge < -0.3 is 20.7 Å². The number of nitrogens with two attached hydrogens (primary N) is 1. The van der Waals surface area contributed by atoms with Crippen LogP contribution in [0, 0.1) is 0 Å². The monoisotopic (exact) mass is 291 g/mol. The lowest BCUT2D eigenvalue weighted by atomic mass is 10.1. The molecule has 5 nitrogen and oxygen atoms in total. The predicted molar refractivity (Wildman–Crippen MR) is 88.0 cm³/mol. The number of nitrogens with zero attached hydrogens (tertiary/aromatic N) is 1. The Hall–Kier alpha value is -0.650. The molecule has 0 atom stereocenters. The minimum absolute atomic E-state index is 0. The molecule has 0 aliphatic carbocycles. The molecule has 0 saturated carbocycles. The normalized spacial score (nSPS) is 16.4. The topological polar surface area (TPSA) is 67.6 Å². The molecule has 1 fully saturated rings. The van der Waals surface area contributed by atoms with Crippen molar-refractivity contribution in [2.75, 3.05) is 39.4 Å². The molecular formula is C15H37N3O2. The zero-order chi connectivity index (χ0) is 15.2. The smallest absolute Gasteiger partial charge is 0.220 e. The molecular weight excluding hydrogens is 254 g/mol. The third-order valence-corrected chi connectivity index (χ3v) is 3.23. The molecule has 3 N–H and O–H groups in total. The molecule has 1 saturated heterocycles. The first kappa shape index (κ1) is 19.4. The number of rotatable bonds is 8. The van der Waals surface area contributed by atoms with Crippen molar-refractivity contribution in [3.63, 3.8) is 0 Å². The molecule has 1 amide bonds. The van der Waals surface area contributed by atoms with Crippen molar-refractivity contribution in [1.29, 1.82) is 0 Å². The molecule has 20 heavy (non-hydrogen) atoms. The van der Waals surface area contributed by atoms with Crippen LogP contribution in [0.25, 0.3) is 0 Å². The van der Waals surface area contributed by atoms with Crippen molar-refractivity contribution >= 4 is 5.91 Å². The molecule has 1 rings (SSSR count). The first-order valence-corrected chi connectivity index (χ1v) is 8.04. The number of likely N-dealkylation sites (tertiary alicyclic amines) is 1. The van der Waals surface area contributed by atoms with Crippen molar-refractivity contribution in [2.45, 2.75) is 52.5 Å². The third kappa shape index (κ3) is 10.2. The summed E-state index contributed by atoms with van der Waals surface area (Å²) in [5.74, 6) is 0.117. The minimum Gasteiger partial charge on any atom is -0.378 e. The number of hydrogen-bond acceptors (Lipinski definition) is 4. The highest BCUT2D eigenvalue weighted by Gasteiger charge is 2.14. The van der Waals surface area contributed by atoms with Crippen molar-refractivity contribution < 1.29 is 12.4 Å². The summed E-state index contributed by atoms with van der Waals surface area (Å²) < 4.78 is 5.50. The Morgan fingerprint density at radius 3 is 2.60 bits per heavy atom. The second-order valence-electron chi connectivity index (χ2n) is 4.89. The molecule has 0 bridgehead atoms. The Balaban J connectivity index is -0.000000864. The van der Waals surface area contributed by atoms with E-state index in [1.54, 1.807) is 0 Å². The van der Waals surface area contributed by atoms with E-state index >= 15 is 0 Å². The Bertz CT molecular complexity index is 239. The maximum atomic E-state index is 11.2. The van der Waals surface area contributed by atoms with Crippen LogP contribution in [0.1, 0.15) is 49.3 Å². The summed E-state index contributed by atoms with van der Waals surface area (Å²) >= 11 is 0. The van der Waals surface area contributed by atoms with Gasteiger partial charge in [0.1, 0.15) is 0 Å². The van der Waals surface area contributed by atoms with Gasteiger partial charge in [0, 0.05) is 28.4 Å². The number of nitrogens with one attached hydrogen (secondary N) is 1. The van der Waals surface area contributed by atoms with Gasteiger partial charge in [0.05, 0.1) is 13.2 Å². The average molecular weight is 291 g/mol. The highest BCUT2D eigenvalue weighted by Crippen LogP contribution is 2.07. The van der Waals surface area contributed by atoms with Gasteiger partial charge in [0.25, 0.3) is 0 Å². The van der Waals surface area contributed by atoms with E-state index in [0.29, 0.717) is 25.6 Å². The molecule has 1 aliphatic rings. The molecule has 0 spiro atoms. The van der Waals surface area contributed by atoms with Crippen molar-refractivity contribution in [3.05, 3.63) is 0 Å². The van der Waals surface area contributed by atoms with Gasteiger partial charge in [-0.3, -0.25) is 4.79 Å². The number of hydrogen-bond donors (Lipinski definition) is 2. The SMILES string of the molecule is CC.CCCC(=O)NCCOCCN1CCC(N)CC1.[HH].[HH]. The van der Waals surface area contributed by atoms with E-state index in [-0.39, 0.29) is 8.76 Å². The fourth-order valence-electron chi connectivity index (χ4n) is 2.05. The maximum Gasteiger partial charge on any atom is 0.220 e. The van der Waals surface area contributed by atoms with E-state index in [4.69, 9.17) is 10.5 Å². The Labute approximate surface area is 127 Å². The summed E-state index contributed by atoms with van der Waals surface area (Å²) in [5.41, 5.74) is 5.85. The number of carbonyl (C=O) groups is 1. The van der Waals surface area contributed by atoms with Crippen LogP contribution < -0.4 is 11.1 Å². The summed E-state index contributed by atoms with van der Waals surface area (Å²) in [5, 5.41) is 2.83. The molecule has 0 radical (unpaired) electrons.